The van der Waals surface area contributed by atoms with Crippen LogP contribution in [0.1, 0.15) is 61.7 Å². The van der Waals surface area contributed by atoms with Crippen LogP contribution in [-0.4, -0.2) is 67.1 Å². The van der Waals surface area contributed by atoms with Crippen molar-refractivity contribution in [2.24, 2.45) is 13.0 Å². The Morgan fingerprint density at radius 2 is 1.58 bits per heavy atom. The van der Waals surface area contributed by atoms with Gasteiger partial charge in [0.25, 0.3) is 5.56 Å². The molecule has 0 saturated heterocycles. The Morgan fingerprint density at radius 3 is 2.19 bits per heavy atom. The van der Waals surface area contributed by atoms with Gasteiger partial charge in [-0.15, -0.1) is 0 Å². The Balaban J connectivity index is 1.42. The molecule has 1 aliphatic carbocycles. The summed E-state index contributed by atoms with van der Waals surface area (Å²) in [7, 11) is 6.56. The molecule has 0 bridgehead atoms. The first-order valence-corrected chi connectivity index (χ1v) is 16.2. The van der Waals surface area contributed by atoms with Crippen molar-refractivity contribution in [1.82, 2.24) is 9.55 Å². The average Bonchev–Trinajstić information content (AvgIpc) is 3.76. The maximum Gasteiger partial charge on any atom is 0.337 e. The highest BCUT2D eigenvalue weighted by molar-refractivity contribution is 6.36. The predicted octanol–water partition coefficient (Wildman–Crippen LogP) is 4.01. The molecule has 4 heterocycles. The number of nitrogens with zero attached hydrogens (tertiary/aromatic N) is 1. The number of halogens is 1. The van der Waals surface area contributed by atoms with Gasteiger partial charge in [0, 0.05) is 35.9 Å². The van der Waals surface area contributed by atoms with Crippen molar-refractivity contribution >= 4 is 40.9 Å². The van der Waals surface area contributed by atoms with Crippen molar-refractivity contribution in [3.05, 3.63) is 102 Å². The number of Topliss-reactive ketones (excluding diaryl/α,β-unsaturated/α-hetero) is 2. The van der Waals surface area contributed by atoms with Crippen molar-refractivity contribution in [2.75, 3.05) is 33.8 Å². The zero-order valence-electron chi connectivity index (χ0n) is 28.6. The number of aromatic nitrogens is 2. The largest absolute Gasteiger partial charge is 0.496 e. The monoisotopic (exact) mass is 731 g/mol. The van der Waals surface area contributed by atoms with E-state index in [0.29, 0.717) is 5.70 Å². The van der Waals surface area contributed by atoms with Gasteiger partial charge in [-0.2, -0.15) is 0 Å². The van der Waals surface area contributed by atoms with E-state index >= 15 is 4.79 Å². The number of benzene rings is 2. The van der Waals surface area contributed by atoms with Gasteiger partial charge in [0.15, 0.2) is 5.75 Å². The molecule has 0 radical (unpaired) electrons. The molecule has 1 spiro atoms. The molecular formula is C36H30ClN3O12. The zero-order valence-corrected chi connectivity index (χ0v) is 29.3. The molecule has 0 fully saturated rings. The number of carbonyl (C=O) groups is 4. The fourth-order valence-corrected chi connectivity index (χ4v) is 7.42. The van der Waals surface area contributed by atoms with Crippen LogP contribution in [0.2, 0.25) is 5.02 Å². The molecule has 4 aromatic rings. The maximum atomic E-state index is 15.1. The molecule has 2 aromatic carbocycles. The Morgan fingerprint density at radius 1 is 0.923 bits per heavy atom. The van der Waals surface area contributed by atoms with Gasteiger partial charge in [-0.25, -0.2) is 14.4 Å². The van der Waals surface area contributed by atoms with Gasteiger partial charge in [-0.3, -0.25) is 23.9 Å². The lowest BCUT2D eigenvalue weighted by Crippen LogP contribution is -2.58. The van der Waals surface area contributed by atoms with E-state index < -0.39 is 52.2 Å². The zero-order chi connectivity index (χ0) is 37.4. The number of nitrogens with one attached hydrogen (secondary N) is 2. The first-order valence-electron chi connectivity index (χ1n) is 15.8. The molecule has 0 amide bonds. The number of hydrogen-bond donors (Lipinski definition) is 2. The second kappa shape index (κ2) is 12.3. The van der Waals surface area contributed by atoms with Crippen LogP contribution in [0.4, 0.5) is 5.82 Å². The molecule has 3 atom stereocenters. The minimum absolute atomic E-state index is 0.0163. The summed E-state index contributed by atoms with van der Waals surface area (Å²) in [6.45, 7) is 1.67. The smallest absolute Gasteiger partial charge is 0.337 e. The SMILES string of the molecule is COC(=O)c1cc(C(=O)OC)cc(-c2ccc(C3C4=C(C[C@@H](C)[C@]5(Oc6c(Cl)c(OC)cc(OC)c6C5=O)C4=O)Nc4c3c(=O)[nH]c(=O)n4C)o2)c1. The topological polar surface area (TPSA) is 194 Å². The van der Waals surface area contributed by atoms with Crippen LogP contribution in [0.15, 0.2) is 61.7 Å². The minimum atomic E-state index is -2.13. The van der Waals surface area contributed by atoms with E-state index in [1.165, 1.54) is 76.5 Å². The average molecular weight is 732 g/mol. The van der Waals surface area contributed by atoms with Crippen molar-refractivity contribution in [3.8, 4) is 28.6 Å². The van der Waals surface area contributed by atoms with Gasteiger partial charge in [0.1, 0.15) is 39.4 Å². The van der Waals surface area contributed by atoms with Gasteiger partial charge in [0.05, 0.1) is 51.0 Å². The van der Waals surface area contributed by atoms with Gasteiger partial charge in [-0.1, -0.05) is 18.5 Å². The highest BCUT2D eigenvalue weighted by Crippen LogP contribution is 2.56. The van der Waals surface area contributed by atoms with Crippen molar-refractivity contribution in [1.29, 1.82) is 0 Å². The molecule has 2 N–H and O–H groups in total. The van der Waals surface area contributed by atoms with Gasteiger partial charge in [-0.05, 0) is 36.8 Å². The third-order valence-corrected chi connectivity index (χ3v) is 10.1. The van der Waals surface area contributed by atoms with Gasteiger partial charge >= 0.3 is 17.6 Å². The Kier molecular flexibility index (Phi) is 8.13. The molecule has 7 rings (SSSR count). The Labute approximate surface area is 299 Å². The van der Waals surface area contributed by atoms with Crippen LogP contribution < -0.4 is 30.8 Å². The van der Waals surface area contributed by atoms with E-state index in [2.05, 4.69) is 10.3 Å². The second-order valence-corrected chi connectivity index (χ2v) is 12.8. The van der Waals surface area contributed by atoms with Crippen molar-refractivity contribution < 1.29 is 47.3 Å². The minimum Gasteiger partial charge on any atom is -0.496 e. The number of fused-ring (bicyclic) bond motifs is 2. The summed E-state index contributed by atoms with van der Waals surface area (Å²) in [4.78, 5) is 83.3. The summed E-state index contributed by atoms with van der Waals surface area (Å²) in [5, 5.41) is 3.08. The van der Waals surface area contributed by atoms with Crippen LogP contribution in [0.3, 0.4) is 0 Å². The number of rotatable bonds is 6. The molecule has 16 heteroatoms. The fraction of sp³-hybridized carbons (Fsp3) is 0.278. The third kappa shape index (κ3) is 4.79. The van der Waals surface area contributed by atoms with Crippen LogP contribution >= 0.6 is 11.6 Å². The van der Waals surface area contributed by atoms with Crippen LogP contribution in [0.5, 0.6) is 17.2 Å². The number of anilines is 1. The number of aromatic amines is 1. The first-order chi connectivity index (χ1) is 24.8. The standard InChI is InChI=1S/C36H30ClN3O12/c1-14-9-18-23(29(41)36(14)30(42)25-21(47-3)13-22(48-4)27(37)28(25)52-36)24(26-31(38-18)40(2)35(46)39-32(26)43)20-8-7-19(51-20)15-10-16(33(44)49-5)12-17(11-15)34(45)50-6/h7-8,10-14,24,38H,9H2,1-6H3,(H,39,43,46)/t14-,24?,36+/m1/s1. The van der Waals surface area contributed by atoms with E-state index in [1.54, 1.807) is 6.92 Å². The highest BCUT2D eigenvalue weighted by atomic mass is 35.5. The molecule has 3 aliphatic rings. The van der Waals surface area contributed by atoms with E-state index in [1.807, 2.05) is 0 Å². The number of ketones is 2. The lowest BCUT2D eigenvalue weighted by molar-refractivity contribution is -0.130. The molecule has 1 unspecified atom stereocenters. The number of methoxy groups -OCH3 is 4. The van der Waals surface area contributed by atoms with E-state index in [4.69, 9.17) is 39.7 Å². The number of H-pyrrole nitrogens is 1. The molecule has 2 aromatic heterocycles. The summed E-state index contributed by atoms with van der Waals surface area (Å²) < 4.78 is 34.5. The van der Waals surface area contributed by atoms with Crippen molar-refractivity contribution in [3.63, 3.8) is 0 Å². The Bertz CT molecular complexity index is 2390. The highest BCUT2D eigenvalue weighted by Gasteiger charge is 2.64. The maximum absolute atomic E-state index is 15.1. The van der Waals surface area contributed by atoms with Crippen LogP contribution in [0.25, 0.3) is 11.3 Å². The number of carbonyl (C=O) groups excluding carboxylic acids is 4. The summed E-state index contributed by atoms with van der Waals surface area (Å²) in [5.41, 5.74) is -3.07. The van der Waals surface area contributed by atoms with E-state index in [9.17, 15) is 24.0 Å². The molecule has 2 aliphatic heterocycles. The number of ether oxygens (including phenoxy) is 5. The predicted molar refractivity (Wildman–Crippen MR) is 183 cm³/mol. The van der Waals surface area contributed by atoms with Gasteiger partial charge < -0.3 is 33.4 Å². The summed E-state index contributed by atoms with van der Waals surface area (Å²) in [6.07, 6.45) is 0.0615. The number of allylic oxidation sites excluding steroid dienone is 1. The number of esters is 2. The number of furan rings is 1. The lowest BCUT2D eigenvalue weighted by Gasteiger charge is -2.42. The second-order valence-electron chi connectivity index (χ2n) is 12.4. The van der Waals surface area contributed by atoms with Gasteiger partial charge in [0.2, 0.25) is 17.2 Å². The number of hydrogen-bond acceptors (Lipinski definition) is 13. The molecular weight excluding hydrogens is 702 g/mol. The molecule has 52 heavy (non-hydrogen) atoms. The van der Waals surface area contributed by atoms with Crippen LogP contribution in [0, 0.1) is 5.92 Å². The Hall–Kier alpha value is -6.09. The first kappa shape index (κ1) is 34.4. The van der Waals surface area contributed by atoms with E-state index in [-0.39, 0.29) is 79.4 Å². The summed E-state index contributed by atoms with van der Waals surface area (Å²) in [6, 6.07) is 8.65. The third-order valence-electron chi connectivity index (χ3n) is 9.71. The molecule has 0 saturated carbocycles. The van der Waals surface area contributed by atoms with Crippen molar-refractivity contribution in [2.45, 2.75) is 24.9 Å². The lowest BCUT2D eigenvalue weighted by atomic mass is 9.66. The normalized spacial score (nSPS) is 20.1. The van der Waals surface area contributed by atoms with Crippen LogP contribution in [-0.2, 0) is 21.3 Å². The summed E-state index contributed by atoms with van der Waals surface area (Å²) >= 11 is 6.63. The quantitative estimate of drug-likeness (QED) is 0.214. The summed E-state index contributed by atoms with van der Waals surface area (Å²) in [5.74, 6) is -4.49. The fourth-order valence-electron chi connectivity index (χ4n) is 7.15. The molecule has 268 valence electrons. The molecule has 15 nitrogen and oxygen atoms in total. The van der Waals surface area contributed by atoms with E-state index in [0.717, 1.165) is 0 Å².